The number of carbonyl (C=O) groups is 1. The Morgan fingerprint density at radius 2 is 1.68 bits per heavy atom. The van der Waals surface area contributed by atoms with Gasteiger partial charge in [0.2, 0.25) is 5.91 Å². The Labute approximate surface area is 152 Å². The second-order valence-corrected chi connectivity index (χ2v) is 7.97. The number of aromatic nitrogens is 2. The Balaban J connectivity index is 1.30. The maximum Gasteiger partial charge on any atom is 0.226 e. The van der Waals surface area contributed by atoms with Crippen LogP contribution < -0.4 is 4.74 Å². The second-order valence-electron chi connectivity index (χ2n) is 6.93. The molecule has 0 N–H and O–H groups in total. The zero-order valence-corrected chi connectivity index (χ0v) is 15.3. The molecule has 2 aliphatic rings. The van der Waals surface area contributed by atoms with Crippen molar-refractivity contribution in [2.24, 2.45) is 0 Å². The zero-order valence-electron chi connectivity index (χ0n) is 14.5. The van der Waals surface area contributed by atoms with Crippen LogP contribution in [-0.4, -0.2) is 41.2 Å². The summed E-state index contributed by atoms with van der Waals surface area (Å²) in [5.74, 6) is 2.17. The highest BCUT2D eigenvalue weighted by Gasteiger charge is 2.30. The largest absolute Gasteiger partial charge is 0.497 e. The lowest BCUT2D eigenvalue weighted by Gasteiger charge is -2.31. The summed E-state index contributed by atoms with van der Waals surface area (Å²) in [6.07, 6.45) is 4.99. The summed E-state index contributed by atoms with van der Waals surface area (Å²) >= 11 is 1.79. The van der Waals surface area contributed by atoms with E-state index in [1.165, 1.54) is 22.9 Å². The van der Waals surface area contributed by atoms with Crippen molar-refractivity contribution < 1.29 is 9.53 Å². The Morgan fingerprint density at radius 3 is 2.24 bits per heavy atom. The normalized spacial score (nSPS) is 18.4. The molecule has 0 atom stereocenters. The number of likely N-dealkylation sites (tertiary alicyclic amines) is 1. The number of benzene rings is 1. The number of hydrogen-bond acceptors (Lipinski definition) is 5. The van der Waals surface area contributed by atoms with E-state index < -0.39 is 0 Å². The van der Waals surface area contributed by atoms with Crippen LogP contribution in [0.2, 0.25) is 0 Å². The molecule has 1 amide bonds. The maximum atomic E-state index is 12.5. The smallest absolute Gasteiger partial charge is 0.226 e. The summed E-state index contributed by atoms with van der Waals surface area (Å²) in [5, 5.41) is 11.1. The van der Waals surface area contributed by atoms with E-state index in [-0.39, 0.29) is 5.91 Å². The van der Waals surface area contributed by atoms with E-state index in [4.69, 9.17) is 4.74 Å². The van der Waals surface area contributed by atoms with E-state index in [0.717, 1.165) is 37.2 Å². The first kappa shape index (κ1) is 16.5. The average Bonchev–Trinajstić information content (AvgIpc) is 3.39. The molecule has 0 spiro atoms. The van der Waals surface area contributed by atoms with Gasteiger partial charge in [0.05, 0.1) is 13.5 Å². The molecule has 6 heteroatoms. The molecule has 25 heavy (non-hydrogen) atoms. The number of piperidine rings is 1. The predicted molar refractivity (Wildman–Crippen MR) is 97.1 cm³/mol. The Hall–Kier alpha value is -1.95. The molecular weight excluding hydrogens is 334 g/mol. The van der Waals surface area contributed by atoms with Crippen molar-refractivity contribution in [2.75, 3.05) is 20.2 Å². The van der Waals surface area contributed by atoms with Gasteiger partial charge in [0.1, 0.15) is 15.8 Å². The molecule has 1 aromatic heterocycles. The summed E-state index contributed by atoms with van der Waals surface area (Å²) in [5.41, 5.74) is 1.03. The van der Waals surface area contributed by atoms with Crippen LogP contribution in [-0.2, 0) is 11.2 Å². The minimum absolute atomic E-state index is 0.208. The van der Waals surface area contributed by atoms with Crippen LogP contribution >= 0.6 is 11.3 Å². The van der Waals surface area contributed by atoms with E-state index in [2.05, 4.69) is 10.2 Å². The predicted octanol–water partition coefficient (Wildman–Crippen LogP) is 3.37. The molecule has 1 aliphatic heterocycles. The molecule has 0 bridgehead atoms. The molecule has 4 rings (SSSR count). The van der Waals surface area contributed by atoms with E-state index in [1.807, 2.05) is 29.2 Å². The summed E-state index contributed by atoms with van der Waals surface area (Å²) in [6, 6.07) is 7.73. The van der Waals surface area contributed by atoms with Gasteiger partial charge in [0.25, 0.3) is 0 Å². The SMILES string of the molecule is COc1ccc(CC(=O)N2CCC(c3nnc(C4CC4)s3)CC2)cc1. The fourth-order valence-electron chi connectivity index (χ4n) is 3.31. The minimum atomic E-state index is 0.208. The van der Waals surface area contributed by atoms with Gasteiger partial charge in [-0.3, -0.25) is 4.79 Å². The van der Waals surface area contributed by atoms with Crippen molar-refractivity contribution in [3.05, 3.63) is 39.8 Å². The lowest BCUT2D eigenvalue weighted by atomic mass is 9.97. The molecule has 1 saturated heterocycles. The van der Waals surface area contributed by atoms with Crippen molar-refractivity contribution in [2.45, 2.75) is 43.9 Å². The topological polar surface area (TPSA) is 55.3 Å². The molecular formula is C19H23N3O2S. The number of carbonyl (C=O) groups excluding carboxylic acids is 1. The molecule has 0 unspecified atom stereocenters. The van der Waals surface area contributed by atoms with Gasteiger partial charge in [0, 0.05) is 24.9 Å². The highest BCUT2D eigenvalue weighted by molar-refractivity contribution is 7.11. The van der Waals surface area contributed by atoms with Gasteiger partial charge in [0.15, 0.2) is 0 Å². The van der Waals surface area contributed by atoms with Crippen molar-refractivity contribution in [3.63, 3.8) is 0 Å². The molecule has 0 radical (unpaired) electrons. The molecule has 1 saturated carbocycles. The Morgan fingerprint density at radius 1 is 1.08 bits per heavy atom. The Kier molecular flexibility index (Phi) is 4.70. The van der Waals surface area contributed by atoms with Gasteiger partial charge in [-0.25, -0.2) is 0 Å². The number of rotatable bonds is 5. The summed E-state index contributed by atoms with van der Waals surface area (Å²) in [4.78, 5) is 14.5. The first-order chi connectivity index (χ1) is 12.2. The van der Waals surface area contributed by atoms with Gasteiger partial charge in [-0.05, 0) is 43.4 Å². The number of ether oxygens (including phenoxy) is 1. The van der Waals surface area contributed by atoms with Gasteiger partial charge >= 0.3 is 0 Å². The first-order valence-electron chi connectivity index (χ1n) is 8.97. The quantitative estimate of drug-likeness (QED) is 0.823. The highest BCUT2D eigenvalue weighted by Crippen LogP contribution is 2.43. The van der Waals surface area contributed by atoms with Crippen LogP contribution in [0.15, 0.2) is 24.3 Å². The van der Waals surface area contributed by atoms with Crippen LogP contribution in [0, 0.1) is 0 Å². The zero-order chi connectivity index (χ0) is 17.2. The third-order valence-corrected chi connectivity index (χ3v) is 6.34. The minimum Gasteiger partial charge on any atom is -0.497 e. The van der Waals surface area contributed by atoms with Crippen molar-refractivity contribution in [1.82, 2.24) is 15.1 Å². The van der Waals surface area contributed by atoms with Crippen molar-refractivity contribution in [3.8, 4) is 5.75 Å². The van der Waals surface area contributed by atoms with Crippen LogP contribution in [0.4, 0.5) is 0 Å². The van der Waals surface area contributed by atoms with E-state index >= 15 is 0 Å². The average molecular weight is 357 g/mol. The Bertz CT molecular complexity index is 731. The van der Waals surface area contributed by atoms with E-state index in [0.29, 0.717) is 18.3 Å². The van der Waals surface area contributed by atoms with Gasteiger partial charge in [-0.15, -0.1) is 21.5 Å². The fraction of sp³-hybridized carbons (Fsp3) is 0.526. The molecule has 2 aromatic rings. The lowest BCUT2D eigenvalue weighted by Crippen LogP contribution is -2.38. The van der Waals surface area contributed by atoms with E-state index in [1.54, 1.807) is 18.4 Å². The summed E-state index contributed by atoms with van der Waals surface area (Å²) in [6.45, 7) is 1.63. The van der Waals surface area contributed by atoms with Crippen molar-refractivity contribution >= 4 is 17.2 Å². The first-order valence-corrected chi connectivity index (χ1v) is 9.78. The number of nitrogens with zero attached hydrogens (tertiary/aromatic N) is 3. The number of hydrogen-bond donors (Lipinski definition) is 0. The van der Waals surface area contributed by atoms with Crippen LogP contribution in [0.5, 0.6) is 5.75 Å². The lowest BCUT2D eigenvalue weighted by molar-refractivity contribution is -0.131. The second kappa shape index (κ2) is 7.12. The van der Waals surface area contributed by atoms with E-state index in [9.17, 15) is 4.79 Å². The molecule has 2 heterocycles. The molecule has 1 aliphatic carbocycles. The maximum absolute atomic E-state index is 12.5. The van der Waals surface area contributed by atoms with Gasteiger partial charge in [-0.2, -0.15) is 0 Å². The standard InChI is InChI=1S/C19H23N3O2S/c1-24-16-6-2-13(3-7-16)12-17(23)22-10-8-15(9-11-22)19-21-20-18(25-19)14-4-5-14/h2-3,6-7,14-15H,4-5,8-12H2,1H3. The van der Waals surface area contributed by atoms with Crippen molar-refractivity contribution in [1.29, 1.82) is 0 Å². The third kappa shape index (κ3) is 3.84. The third-order valence-electron chi connectivity index (χ3n) is 5.09. The monoisotopic (exact) mass is 357 g/mol. The number of methoxy groups -OCH3 is 1. The highest BCUT2D eigenvalue weighted by atomic mass is 32.1. The van der Waals surface area contributed by atoms with Crippen LogP contribution in [0.25, 0.3) is 0 Å². The fourth-order valence-corrected chi connectivity index (χ4v) is 4.49. The molecule has 5 nitrogen and oxygen atoms in total. The number of amides is 1. The summed E-state index contributed by atoms with van der Waals surface area (Å²) < 4.78 is 5.16. The van der Waals surface area contributed by atoms with Gasteiger partial charge < -0.3 is 9.64 Å². The van der Waals surface area contributed by atoms with Crippen LogP contribution in [0.1, 0.15) is 53.1 Å². The summed E-state index contributed by atoms with van der Waals surface area (Å²) in [7, 11) is 1.65. The van der Waals surface area contributed by atoms with Gasteiger partial charge in [-0.1, -0.05) is 12.1 Å². The molecule has 1 aromatic carbocycles. The van der Waals surface area contributed by atoms with Crippen LogP contribution in [0.3, 0.4) is 0 Å². The molecule has 132 valence electrons. The molecule has 2 fully saturated rings.